The van der Waals surface area contributed by atoms with Crippen LogP contribution in [0, 0.1) is 5.92 Å². The molecule has 0 aromatic heterocycles. The summed E-state index contributed by atoms with van der Waals surface area (Å²) in [5, 5.41) is 0. The smallest absolute Gasteiger partial charge is 0.00583 e. The Morgan fingerprint density at radius 2 is 2.18 bits per heavy atom. The van der Waals surface area contributed by atoms with Crippen molar-refractivity contribution < 1.29 is 0 Å². The molecule has 2 aliphatic rings. The van der Waals surface area contributed by atoms with Crippen molar-refractivity contribution in [2.24, 2.45) is 5.92 Å². The predicted octanol–water partition coefficient (Wildman–Crippen LogP) is 3.01. The third-order valence-corrected chi connectivity index (χ3v) is 2.35. The molecule has 0 saturated heterocycles. The Hall–Kier alpha value is -1.04. The maximum Gasteiger partial charge on any atom is 0.00583 e. The molecule has 0 amide bonds. The van der Waals surface area contributed by atoms with Crippen molar-refractivity contribution in [3.05, 3.63) is 47.6 Å². The van der Waals surface area contributed by atoms with Gasteiger partial charge in [0.2, 0.25) is 0 Å². The molecule has 0 heterocycles. The van der Waals surface area contributed by atoms with Crippen molar-refractivity contribution in [2.75, 3.05) is 0 Å². The largest absolute Gasteiger partial charge is 0.0836 e. The number of hydrogen-bond acceptors (Lipinski definition) is 0. The molecule has 2 rings (SSSR count). The summed E-state index contributed by atoms with van der Waals surface area (Å²) in [4.78, 5) is 0. The van der Waals surface area contributed by atoms with Gasteiger partial charge in [-0.05, 0) is 24.5 Å². The number of allylic oxidation sites excluding steroid dienone is 8. The topological polar surface area (TPSA) is 0 Å². The van der Waals surface area contributed by atoms with Gasteiger partial charge in [-0.3, -0.25) is 0 Å². The average Bonchev–Trinajstić information content (AvgIpc) is 2.06. The maximum absolute atomic E-state index is 2.28. The molecule has 0 N–H and O–H groups in total. The van der Waals surface area contributed by atoms with Crippen molar-refractivity contribution in [1.82, 2.24) is 0 Å². The second-order valence-electron chi connectivity index (χ2n) is 3.13. The van der Waals surface area contributed by atoms with E-state index in [0.717, 1.165) is 0 Å². The Labute approximate surface area is 67.6 Å². The van der Waals surface area contributed by atoms with Crippen LogP contribution in [-0.2, 0) is 0 Å². The SMILES string of the molecule is CC1=CC=CC2CC=CC=C12. The molecular formula is C11H12. The highest BCUT2D eigenvalue weighted by molar-refractivity contribution is 5.44. The van der Waals surface area contributed by atoms with Crippen LogP contribution < -0.4 is 0 Å². The van der Waals surface area contributed by atoms with E-state index >= 15 is 0 Å². The molecule has 11 heavy (non-hydrogen) atoms. The summed E-state index contributed by atoms with van der Waals surface area (Å²) in [7, 11) is 0. The van der Waals surface area contributed by atoms with E-state index < -0.39 is 0 Å². The first kappa shape index (κ1) is 6.66. The Kier molecular flexibility index (Phi) is 1.54. The van der Waals surface area contributed by atoms with Crippen LogP contribution in [0.2, 0.25) is 0 Å². The van der Waals surface area contributed by atoms with E-state index in [1.807, 2.05) is 0 Å². The molecule has 0 aliphatic heterocycles. The lowest BCUT2D eigenvalue weighted by molar-refractivity contribution is 0.765. The standard InChI is InChI=1S/C11H12/c1-9-5-4-7-10-6-2-3-8-11(9)10/h2-5,7-8,10H,6H2,1H3. The van der Waals surface area contributed by atoms with Crippen molar-refractivity contribution in [3.63, 3.8) is 0 Å². The summed E-state index contributed by atoms with van der Waals surface area (Å²) in [5.74, 6) is 0.657. The van der Waals surface area contributed by atoms with Gasteiger partial charge in [-0.2, -0.15) is 0 Å². The molecule has 0 saturated carbocycles. The first-order chi connectivity index (χ1) is 5.38. The Balaban J connectivity index is 2.40. The van der Waals surface area contributed by atoms with E-state index in [9.17, 15) is 0 Å². The molecule has 0 aromatic rings. The second-order valence-corrected chi connectivity index (χ2v) is 3.13. The summed E-state index contributed by atoms with van der Waals surface area (Å²) < 4.78 is 0. The van der Waals surface area contributed by atoms with Crippen molar-refractivity contribution >= 4 is 0 Å². The number of fused-ring (bicyclic) bond motifs is 1. The molecule has 0 fully saturated rings. The first-order valence-corrected chi connectivity index (χ1v) is 4.10. The van der Waals surface area contributed by atoms with E-state index in [2.05, 4.69) is 43.4 Å². The molecule has 56 valence electrons. The average molecular weight is 144 g/mol. The van der Waals surface area contributed by atoms with E-state index in [0.29, 0.717) is 5.92 Å². The van der Waals surface area contributed by atoms with Gasteiger partial charge < -0.3 is 0 Å². The van der Waals surface area contributed by atoms with Crippen LogP contribution in [0.4, 0.5) is 0 Å². The molecule has 0 aromatic carbocycles. The van der Waals surface area contributed by atoms with Crippen LogP contribution in [0.1, 0.15) is 13.3 Å². The van der Waals surface area contributed by atoms with E-state index in [1.54, 1.807) is 0 Å². The van der Waals surface area contributed by atoms with Crippen LogP contribution >= 0.6 is 0 Å². The van der Waals surface area contributed by atoms with Gasteiger partial charge in [-0.15, -0.1) is 0 Å². The molecule has 1 unspecified atom stereocenters. The van der Waals surface area contributed by atoms with Crippen molar-refractivity contribution in [2.45, 2.75) is 13.3 Å². The van der Waals surface area contributed by atoms with Gasteiger partial charge in [-0.1, -0.05) is 36.5 Å². The van der Waals surface area contributed by atoms with Crippen LogP contribution in [0.3, 0.4) is 0 Å². The third kappa shape index (κ3) is 1.09. The summed E-state index contributed by atoms with van der Waals surface area (Å²) in [6, 6.07) is 0. The fraction of sp³-hybridized carbons (Fsp3) is 0.273. The number of hydrogen-bond donors (Lipinski definition) is 0. The zero-order chi connectivity index (χ0) is 7.68. The highest BCUT2D eigenvalue weighted by atomic mass is 14.2. The number of rotatable bonds is 0. The van der Waals surface area contributed by atoms with Crippen LogP contribution in [0.5, 0.6) is 0 Å². The van der Waals surface area contributed by atoms with Gasteiger partial charge in [0, 0.05) is 5.92 Å². The van der Waals surface area contributed by atoms with Crippen LogP contribution in [0.25, 0.3) is 0 Å². The van der Waals surface area contributed by atoms with Gasteiger partial charge in [-0.25, -0.2) is 0 Å². The van der Waals surface area contributed by atoms with E-state index in [-0.39, 0.29) is 0 Å². The first-order valence-electron chi connectivity index (χ1n) is 4.10. The zero-order valence-electron chi connectivity index (χ0n) is 6.75. The molecule has 0 nitrogen and oxygen atoms in total. The lowest BCUT2D eigenvalue weighted by Gasteiger charge is -2.21. The summed E-state index contributed by atoms with van der Waals surface area (Å²) in [6.07, 6.45) is 14.4. The molecule has 0 radical (unpaired) electrons. The van der Waals surface area contributed by atoms with Gasteiger partial charge in [0.05, 0.1) is 0 Å². The second kappa shape index (κ2) is 2.54. The fourth-order valence-corrected chi connectivity index (χ4v) is 1.68. The highest BCUT2D eigenvalue weighted by Gasteiger charge is 2.14. The van der Waals surface area contributed by atoms with E-state index in [1.165, 1.54) is 17.6 Å². The Morgan fingerprint density at radius 3 is 3.00 bits per heavy atom. The molecule has 0 bridgehead atoms. The monoisotopic (exact) mass is 144 g/mol. The van der Waals surface area contributed by atoms with Crippen molar-refractivity contribution in [3.8, 4) is 0 Å². The Morgan fingerprint density at radius 1 is 1.27 bits per heavy atom. The summed E-state index contributed by atoms with van der Waals surface area (Å²) in [5.41, 5.74) is 2.91. The molecule has 0 spiro atoms. The van der Waals surface area contributed by atoms with Gasteiger partial charge in [0.15, 0.2) is 0 Å². The fourth-order valence-electron chi connectivity index (χ4n) is 1.68. The molecular weight excluding hydrogens is 132 g/mol. The van der Waals surface area contributed by atoms with Gasteiger partial charge in [0.1, 0.15) is 0 Å². The normalized spacial score (nSPS) is 27.5. The highest BCUT2D eigenvalue weighted by Crippen LogP contribution is 2.30. The van der Waals surface area contributed by atoms with E-state index in [4.69, 9.17) is 0 Å². The Bertz CT molecular complexity index is 274. The van der Waals surface area contributed by atoms with Gasteiger partial charge in [0.25, 0.3) is 0 Å². The predicted molar refractivity (Wildman–Crippen MR) is 48.2 cm³/mol. The third-order valence-electron chi connectivity index (χ3n) is 2.35. The van der Waals surface area contributed by atoms with Gasteiger partial charge >= 0.3 is 0 Å². The van der Waals surface area contributed by atoms with Crippen LogP contribution in [-0.4, -0.2) is 0 Å². The van der Waals surface area contributed by atoms with Crippen molar-refractivity contribution in [1.29, 1.82) is 0 Å². The molecule has 1 atom stereocenters. The lowest BCUT2D eigenvalue weighted by atomic mass is 9.84. The quantitative estimate of drug-likeness (QED) is 0.490. The molecule has 0 heteroatoms. The summed E-state index contributed by atoms with van der Waals surface area (Å²) >= 11 is 0. The minimum atomic E-state index is 0.657. The molecule has 2 aliphatic carbocycles. The maximum atomic E-state index is 2.28. The lowest BCUT2D eigenvalue weighted by Crippen LogP contribution is -2.06. The minimum Gasteiger partial charge on any atom is -0.0836 e. The minimum absolute atomic E-state index is 0.657. The zero-order valence-corrected chi connectivity index (χ0v) is 6.75. The van der Waals surface area contributed by atoms with Crippen LogP contribution in [0.15, 0.2) is 47.6 Å². The summed E-state index contributed by atoms with van der Waals surface area (Å²) in [6.45, 7) is 2.18.